The van der Waals surface area contributed by atoms with Crippen molar-refractivity contribution in [2.24, 2.45) is 5.14 Å². The Kier molecular flexibility index (Phi) is 3.81. The Morgan fingerprint density at radius 2 is 1.94 bits per heavy atom. The summed E-state index contributed by atoms with van der Waals surface area (Å²) >= 11 is 0. The van der Waals surface area contributed by atoms with Crippen molar-refractivity contribution in [3.8, 4) is 11.3 Å². The van der Waals surface area contributed by atoms with Crippen LogP contribution >= 0.6 is 13.5 Å². The largest absolute Gasteiger partial charge is 0.398 e. The Morgan fingerprint density at radius 1 is 1.24 bits per heavy atom. The highest BCUT2D eigenvalue weighted by Crippen LogP contribution is 2.30. The second kappa shape index (κ2) is 4.78. The standard InChI is InChI=1S/C9H10N4O2S.H2S/c10-6-2-1-3-8(16(11,14)15)9(6)7-4-5-12-13-7;/h1-5H,10H2,(H,12,13)(H2,11,14,15);1H2. The summed E-state index contributed by atoms with van der Waals surface area (Å²) in [6.45, 7) is 0. The van der Waals surface area contributed by atoms with Gasteiger partial charge < -0.3 is 5.73 Å². The minimum Gasteiger partial charge on any atom is -0.398 e. The lowest BCUT2D eigenvalue weighted by Crippen LogP contribution is -2.14. The molecule has 17 heavy (non-hydrogen) atoms. The summed E-state index contributed by atoms with van der Waals surface area (Å²) in [6, 6.07) is 6.17. The zero-order chi connectivity index (χ0) is 11.8. The Labute approximate surface area is 106 Å². The van der Waals surface area contributed by atoms with Gasteiger partial charge in [-0.25, -0.2) is 13.6 Å². The quantitative estimate of drug-likeness (QED) is 0.687. The van der Waals surface area contributed by atoms with Crippen molar-refractivity contribution in [2.75, 3.05) is 5.73 Å². The maximum atomic E-state index is 11.4. The number of nitrogens with two attached hydrogens (primary N) is 2. The second-order valence-corrected chi connectivity index (χ2v) is 4.77. The van der Waals surface area contributed by atoms with Gasteiger partial charge in [-0.1, -0.05) is 6.07 Å². The first-order valence-corrected chi connectivity index (χ1v) is 5.96. The van der Waals surface area contributed by atoms with Crippen LogP contribution in [0.4, 0.5) is 5.69 Å². The van der Waals surface area contributed by atoms with Crippen molar-refractivity contribution in [1.82, 2.24) is 10.2 Å². The molecule has 0 radical (unpaired) electrons. The number of aromatic amines is 1. The number of benzene rings is 1. The highest BCUT2D eigenvalue weighted by Gasteiger charge is 2.18. The van der Waals surface area contributed by atoms with E-state index in [1.807, 2.05) is 0 Å². The number of nitrogens with one attached hydrogen (secondary N) is 1. The van der Waals surface area contributed by atoms with E-state index in [9.17, 15) is 8.42 Å². The molecule has 0 saturated heterocycles. The van der Waals surface area contributed by atoms with Crippen molar-refractivity contribution in [3.63, 3.8) is 0 Å². The minimum absolute atomic E-state index is 0. The number of hydrogen-bond acceptors (Lipinski definition) is 4. The van der Waals surface area contributed by atoms with Crippen molar-refractivity contribution in [3.05, 3.63) is 30.5 Å². The summed E-state index contributed by atoms with van der Waals surface area (Å²) in [5, 5.41) is 11.5. The van der Waals surface area contributed by atoms with Gasteiger partial charge in [0, 0.05) is 17.4 Å². The molecule has 0 aliphatic rings. The summed E-state index contributed by atoms with van der Waals surface area (Å²) in [6.07, 6.45) is 1.51. The zero-order valence-electron chi connectivity index (χ0n) is 8.71. The molecule has 0 aliphatic heterocycles. The van der Waals surface area contributed by atoms with Gasteiger partial charge in [-0.15, -0.1) is 0 Å². The van der Waals surface area contributed by atoms with E-state index in [1.165, 1.54) is 18.3 Å². The first kappa shape index (κ1) is 13.6. The average molecular weight is 272 g/mol. The van der Waals surface area contributed by atoms with Crippen LogP contribution in [0.25, 0.3) is 11.3 Å². The number of anilines is 1. The number of H-pyrrole nitrogens is 1. The predicted octanol–water partition coefficient (Wildman–Crippen LogP) is 0.419. The Balaban J connectivity index is 0.00000144. The van der Waals surface area contributed by atoms with Gasteiger partial charge in [-0.2, -0.15) is 18.6 Å². The first-order valence-electron chi connectivity index (χ1n) is 4.41. The molecule has 0 saturated carbocycles. The topological polar surface area (TPSA) is 115 Å². The maximum absolute atomic E-state index is 11.4. The van der Waals surface area contributed by atoms with E-state index in [4.69, 9.17) is 10.9 Å². The zero-order valence-corrected chi connectivity index (χ0v) is 10.5. The SMILES string of the molecule is Nc1cccc(S(N)(=O)=O)c1-c1ccn[nH]1.S. The molecule has 2 rings (SSSR count). The van der Waals surface area contributed by atoms with E-state index in [1.54, 1.807) is 12.1 Å². The molecular formula is C9H12N4O2S2. The maximum Gasteiger partial charge on any atom is 0.238 e. The number of rotatable bonds is 2. The monoisotopic (exact) mass is 272 g/mol. The molecule has 0 spiro atoms. The summed E-state index contributed by atoms with van der Waals surface area (Å²) in [7, 11) is -3.81. The lowest BCUT2D eigenvalue weighted by atomic mass is 10.1. The summed E-state index contributed by atoms with van der Waals surface area (Å²) in [5.41, 5.74) is 6.94. The second-order valence-electron chi connectivity index (χ2n) is 3.24. The molecule has 0 aliphatic carbocycles. The normalized spacial score (nSPS) is 10.9. The van der Waals surface area contributed by atoms with Crippen LogP contribution in [-0.4, -0.2) is 18.6 Å². The van der Waals surface area contributed by atoms with E-state index in [-0.39, 0.29) is 18.4 Å². The van der Waals surface area contributed by atoms with E-state index in [2.05, 4.69) is 10.2 Å². The average Bonchev–Trinajstić information content (AvgIpc) is 2.68. The molecule has 1 heterocycles. The Morgan fingerprint density at radius 3 is 2.47 bits per heavy atom. The van der Waals surface area contributed by atoms with Gasteiger partial charge in [0.2, 0.25) is 10.0 Å². The molecule has 1 aromatic carbocycles. The molecule has 1 aromatic heterocycles. The molecule has 0 fully saturated rings. The van der Waals surface area contributed by atoms with Crippen molar-refractivity contribution < 1.29 is 8.42 Å². The van der Waals surface area contributed by atoms with Crippen molar-refractivity contribution in [2.45, 2.75) is 4.90 Å². The van der Waals surface area contributed by atoms with Gasteiger partial charge in [-0.05, 0) is 18.2 Å². The first-order chi connectivity index (χ1) is 7.50. The van der Waals surface area contributed by atoms with Gasteiger partial charge in [0.15, 0.2) is 0 Å². The van der Waals surface area contributed by atoms with E-state index < -0.39 is 10.0 Å². The van der Waals surface area contributed by atoms with Crippen LogP contribution in [0.5, 0.6) is 0 Å². The van der Waals surface area contributed by atoms with Crippen LogP contribution in [-0.2, 0) is 10.0 Å². The molecule has 92 valence electrons. The van der Waals surface area contributed by atoms with Gasteiger partial charge in [0.25, 0.3) is 0 Å². The van der Waals surface area contributed by atoms with Crippen LogP contribution in [0.1, 0.15) is 0 Å². The number of primary sulfonamides is 1. The highest BCUT2D eigenvalue weighted by atomic mass is 32.2. The van der Waals surface area contributed by atoms with Gasteiger partial charge >= 0.3 is 0 Å². The lowest BCUT2D eigenvalue weighted by molar-refractivity contribution is 0.598. The van der Waals surface area contributed by atoms with E-state index in [0.717, 1.165) is 0 Å². The molecule has 0 atom stereocenters. The molecule has 5 N–H and O–H groups in total. The summed E-state index contributed by atoms with van der Waals surface area (Å²) in [4.78, 5) is -0.0169. The molecule has 0 bridgehead atoms. The smallest absolute Gasteiger partial charge is 0.238 e. The predicted molar refractivity (Wildman–Crippen MR) is 70.2 cm³/mol. The number of sulfonamides is 1. The van der Waals surface area contributed by atoms with Crippen molar-refractivity contribution in [1.29, 1.82) is 0 Å². The Hall–Kier alpha value is -1.51. The van der Waals surface area contributed by atoms with Crippen LogP contribution in [0.15, 0.2) is 35.4 Å². The third kappa shape index (κ3) is 2.60. The highest BCUT2D eigenvalue weighted by molar-refractivity contribution is 7.89. The van der Waals surface area contributed by atoms with Crippen molar-refractivity contribution >= 4 is 29.2 Å². The lowest BCUT2D eigenvalue weighted by Gasteiger charge is -2.08. The number of hydrogen-bond donors (Lipinski definition) is 3. The number of aromatic nitrogens is 2. The van der Waals surface area contributed by atoms with Crippen LogP contribution in [0.2, 0.25) is 0 Å². The van der Waals surface area contributed by atoms with Gasteiger partial charge in [0.1, 0.15) is 0 Å². The van der Waals surface area contributed by atoms with Crippen LogP contribution in [0.3, 0.4) is 0 Å². The number of nitrogens with zero attached hydrogens (tertiary/aromatic N) is 1. The minimum atomic E-state index is -3.81. The van der Waals surface area contributed by atoms with Gasteiger partial charge in [-0.3, -0.25) is 5.10 Å². The number of nitrogen functional groups attached to an aromatic ring is 1. The molecule has 2 aromatic rings. The van der Waals surface area contributed by atoms with Crippen LogP contribution in [0, 0.1) is 0 Å². The molecule has 0 amide bonds. The van der Waals surface area contributed by atoms with E-state index in [0.29, 0.717) is 16.9 Å². The molecule has 8 heteroatoms. The molecule has 6 nitrogen and oxygen atoms in total. The molecular weight excluding hydrogens is 260 g/mol. The summed E-state index contributed by atoms with van der Waals surface area (Å²) < 4.78 is 22.8. The molecule has 0 unspecified atom stereocenters. The Bertz CT molecular complexity index is 608. The third-order valence-corrected chi connectivity index (χ3v) is 3.09. The fraction of sp³-hybridized carbons (Fsp3) is 0. The van der Waals surface area contributed by atoms with E-state index >= 15 is 0 Å². The fourth-order valence-electron chi connectivity index (χ4n) is 1.47. The van der Waals surface area contributed by atoms with Gasteiger partial charge in [0.05, 0.1) is 10.6 Å². The third-order valence-electron chi connectivity index (χ3n) is 2.14. The summed E-state index contributed by atoms with van der Waals surface area (Å²) in [5.74, 6) is 0. The van der Waals surface area contributed by atoms with Crippen LogP contribution < -0.4 is 10.9 Å². The fourth-order valence-corrected chi connectivity index (χ4v) is 2.25.